The second-order valence-electron chi connectivity index (χ2n) is 5.26. The Morgan fingerprint density at radius 1 is 1.23 bits per heavy atom. The normalized spacial score (nSPS) is 50.5. The van der Waals surface area contributed by atoms with Crippen LogP contribution in [0, 0.1) is 17.3 Å². The van der Waals surface area contributed by atoms with Gasteiger partial charge in [0, 0.05) is 7.11 Å². The van der Waals surface area contributed by atoms with Crippen LogP contribution < -0.4 is 0 Å². The van der Waals surface area contributed by atoms with Crippen LogP contribution in [0.3, 0.4) is 0 Å². The lowest BCUT2D eigenvalue weighted by molar-refractivity contribution is -0.0399. The summed E-state index contributed by atoms with van der Waals surface area (Å²) < 4.78 is 5.62. The van der Waals surface area contributed by atoms with Gasteiger partial charge < -0.3 is 4.74 Å². The summed E-state index contributed by atoms with van der Waals surface area (Å²) in [6.07, 6.45) is 7.47. The molecule has 0 radical (unpaired) electrons. The Kier molecular flexibility index (Phi) is 2.39. The molecule has 0 amide bonds. The number of rotatable bonds is 1. The lowest BCUT2D eigenvalue weighted by atomic mass is 9.65. The fourth-order valence-electron chi connectivity index (χ4n) is 3.66. The summed E-state index contributed by atoms with van der Waals surface area (Å²) in [6.45, 7) is 4.92. The molecule has 4 atom stereocenters. The zero-order valence-corrected chi connectivity index (χ0v) is 9.18. The molecule has 2 aliphatic rings. The summed E-state index contributed by atoms with van der Waals surface area (Å²) in [4.78, 5) is 0. The summed E-state index contributed by atoms with van der Waals surface area (Å²) in [7, 11) is 1.89. The molecule has 2 rings (SSSR count). The van der Waals surface area contributed by atoms with Gasteiger partial charge in [-0.05, 0) is 42.9 Å². The van der Waals surface area contributed by atoms with Crippen molar-refractivity contribution in [1.29, 1.82) is 0 Å². The maximum atomic E-state index is 5.62. The summed E-state index contributed by atoms with van der Waals surface area (Å²) in [6, 6.07) is 0. The molecular weight excluding hydrogens is 160 g/mol. The monoisotopic (exact) mass is 182 g/mol. The van der Waals surface area contributed by atoms with E-state index < -0.39 is 0 Å². The summed E-state index contributed by atoms with van der Waals surface area (Å²) in [5.41, 5.74) is 0.596. The predicted octanol–water partition coefficient (Wildman–Crippen LogP) is 3.24. The van der Waals surface area contributed by atoms with Crippen LogP contribution >= 0.6 is 0 Å². The van der Waals surface area contributed by atoms with E-state index in [9.17, 15) is 0 Å². The van der Waals surface area contributed by atoms with Gasteiger partial charge in [0.2, 0.25) is 0 Å². The molecule has 1 nitrogen and oxygen atoms in total. The first-order valence-corrected chi connectivity index (χ1v) is 5.71. The van der Waals surface area contributed by atoms with Crippen molar-refractivity contribution in [2.24, 2.45) is 17.3 Å². The average molecular weight is 182 g/mol. The molecule has 0 spiro atoms. The molecule has 2 unspecified atom stereocenters. The fraction of sp³-hybridized carbons (Fsp3) is 1.00. The lowest BCUT2D eigenvalue weighted by Gasteiger charge is -2.43. The Morgan fingerprint density at radius 3 is 2.69 bits per heavy atom. The molecule has 1 heteroatoms. The van der Waals surface area contributed by atoms with Gasteiger partial charge in [0.05, 0.1) is 6.10 Å². The predicted molar refractivity (Wildman–Crippen MR) is 54.6 cm³/mol. The zero-order chi connectivity index (χ0) is 9.47. The minimum Gasteiger partial charge on any atom is -0.381 e. The van der Waals surface area contributed by atoms with Gasteiger partial charge in [-0.25, -0.2) is 0 Å². The van der Waals surface area contributed by atoms with E-state index in [1.54, 1.807) is 0 Å². The minimum absolute atomic E-state index is 0.559. The maximum absolute atomic E-state index is 5.62. The Morgan fingerprint density at radius 2 is 2.00 bits per heavy atom. The molecule has 0 heterocycles. The Hall–Kier alpha value is -0.0400. The van der Waals surface area contributed by atoms with Crippen LogP contribution in [0.5, 0.6) is 0 Å². The third-order valence-electron chi connectivity index (χ3n) is 4.84. The molecule has 0 aromatic heterocycles. The molecule has 0 bridgehead atoms. The van der Waals surface area contributed by atoms with Gasteiger partial charge in [0.15, 0.2) is 0 Å². The van der Waals surface area contributed by atoms with E-state index in [0.717, 1.165) is 11.8 Å². The van der Waals surface area contributed by atoms with E-state index in [-0.39, 0.29) is 0 Å². The van der Waals surface area contributed by atoms with Gasteiger partial charge >= 0.3 is 0 Å². The second kappa shape index (κ2) is 3.27. The van der Waals surface area contributed by atoms with Gasteiger partial charge in [0.25, 0.3) is 0 Å². The fourth-order valence-corrected chi connectivity index (χ4v) is 3.66. The Bertz CT molecular complexity index is 190. The van der Waals surface area contributed by atoms with Crippen molar-refractivity contribution in [1.82, 2.24) is 0 Å². The van der Waals surface area contributed by atoms with Gasteiger partial charge in [-0.3, -0.25) is 0 Å². The first kappa shape index (κ1) is 9.51. The quantitative estimate of drug-likeness (QED) is 0.605. The molecule has 76 valence electrons. The van der Waals surface area contributed by atoms with E-state index >= 15 is 0 Å². The van der Waals surface area contributed by atoms with Crippen molar-refractivity contribution < 1.29 is 4.74 Å². The highest BCUT2D eigenvalue weighted by atomic mass is 16.5. The standard InChI is InChI=1S/C12H22O/c1-9-6-7-10-11(13-3)5-4-8-12(9,10)2/h9-11H,4-8H2,1-3H3/t9?,10?,11-,12+/m0/s1. The molecule has 2 fully saturated rings. The minimum atomic E-state index is 0.559. The van der Waals surface area contributed by atoms with Crippen molar-refractivity contribution in [3.05, 3.63) is 0 Å². The highest BCUT2D eigenvalue weighted by Crippen LogP contribution is 2.55. The van der Waals surface area contributed by atoms with Crippen molar-refractivity contribution in [3.63, 3.8) is 0 Å². The SMILES string of the molecule is CO[C@H]1CCC[C@]2(C)C(C)CCC12. The van der Waals surface area contributed by atoms with Crippen molar-refractivity contribution in [2.75, 3.05) is 7.11 Å². The van der Waals surface area contributed by atoms with Gasteiger partial charge in [0.1, 0.15) is 0 Å². The topological polar surface area (TPSA) is 9.23 Å². The molecule has 0 aromatic carbocycles. The third-order valence-corrected chi connectivity index (χ3v) is 4.84. The highest BCUT2D eigenvalue weighted by Gasteiger charge is 2.49. The van der Waals surface area contributed by atoms with Gasteiger partial charge in [-0.1, -0.05) is 20.3 Å². The van der Waals surface area contributed by atoms with Gasteiger partial charge in [-0.2, -0.15) is 0 Å². The van der Waals surface area contributed by atoms with E-state index in [1.807, 2.05) is 7.11 Å². The number of ether oxygens (including phenoxy) is 1. The van der Waals surface area contributed by atoms with Crippen LogP contribution in [0.25, 0.3) is 0 Å². The van der Waals surface area contributed by atoms with Crippen molar-refractivity contribution >= 4 is 0 Å². The molecule has 2 aliphatic carbocycles. The maximum Gasteiger partial charge on any atom is 0.0604 e. The van der Waals surface area contributed by atoms with Gasteiger partial charge in [-0.15, -0.1) is 0 Å². The Balaban J connectivity index is 2.18. The lowest BCUT2D eigenvalue weighted by Crippen LogP contribution is -2.40. The summed E-state index contributed by atoms with van der Waals surface area (Å²) in [5, 5.41) is 0. The first-order valence-electron chi connectivity index (χ1n) is 5.71. The second-order valence-corrected chi connectivity index (χ2v) is 5.26. The van der Waals surface area contributed by atoms with Crippen molar-refractivity contribution in [2.45, 2.75) is 52.1 Å². The molecular formula is C12H22O. The van der Waals surface area contributed by atoms with Crippen LogP contribution in [0.1, 0.15) is 46.0 Å². The van der Waals surface area contributed by atoms with Crippen LogP contribution in [-0.2, 0) is 4.74 Å². The molecule has 0 N–H and O–H groups in total. The molecule has 2 saturated carbocycles. The number of fused-ring (bicyclic) bond motifs is 1. The van der Waals surface area contributed by atoms with E-state index in [2.05, 4.69) is 13.8 Å². The van der Waals surface area contributed by atoms with Crippen LogP contribution in [-0.4, -0.2) is 13.2 Å². The van der Waals surface area contributed by atoms with Crippen LogP contribution in [0.15, 0.2) is 0 Å². The number of methoxy groups -OCH3 is 1. The van der Waals surface area contributed by atoms with Crippen molar-refractivity contribution in [3.8, 4) is 0 Å². The first-order chi connectivity index (χ1) is 6.18. The zero-order valence-electron chi connectivity index (χ0n) is 9.18. The average Bonchev–Trinajstić information content (AvgIpc) is 2.43. The van der Waals surface area contributed by atoms with Crippen LogP contribution in [0.2, 0.25) is 0 Å². The molecule has 0 saturated heterocycles. The molecule has 13 heavy (non-hydrogen) atoms. The third kappa shape index (κ3) is 1.32. The van der Waals surface area contributed by atoms with E-state index in [4.69, 9.17) is 4.74 Å². The highest BCUT2D eigenvalue weighted by molar-refractivity contribution is 4.99. The number of hydrogen-bond donors (Lipinski definition) is 0. The largest absolute Gasteiger partial charge is 0.381 e. The number of hydrogen-bond acceptors (Lipinski definition) is 1. The van der Waals surface area contributed by atoms with Crippen LogP contribution in [0.4, 0.5) is 0 Å². The Labute approximate surface area is 81.9 Å². The molecule has 0 aliphatic heterocycles. The van der Waals surface area contributed by atoms with E-state index in [0.29, 0.717) is 11.5 Å². The smallest absolute Gasteiger partial charge is 0.0604 e. The van der Waals surface area contributed by atoms with E-state index in [1.165, 1.54) is 32.1 Å². The molecule has 0 aromatic rings. The summed E-state index contributed by atoms with van der Waals surface area (Å²) in [5.74, 6) is 1.76. The summed E-state index contributed by atoms with van der Waals surface area (Å²) >= 11 is 0.